The second-order valence-corrected chi connectivity index (χ2v) is 9.76. The number of hydroxylamine groups is 2. The smallest absolute Gasteiger partial charge is 0.225 e. The van der Waals surface area contributed by atoms with Gasteiger partial charge in [0.05, 0.1) is 12.2 Å². The monoisotopic (exact) mass is 444 g/mol. The molecule has 4 aliphatic heterocycles. The maximum atomic E-state index is 13.1. The number of allylic oxidation sites excluding steroid dienone is 1. The molecule has 2 saturated heterocycles. The molecule has 2 unspecified atom stereocenters. The summed E-state index contributed by atoms with van der Waals surface area (Å²) in [6.07, 6.45) is 8.19. The highest BCUT2D eigenvalue weighted by atomic mass is 16.7. The fourth-order valence-corrected chi connectivity index (χ4v) is 5.14. The zero-order valence-electron chi connectivity index (χ0n) is 20.2. The van der Waals surface area contributed by atoms with Crippen LogP contribution in [0.4, 0.5) is 0 Å². The highest BCUT2D eigenvalue weighted by Gasteiger charge is 2.32. The zero-order chi connectivity index (χ0) is 22.8. The Morgan fingerprint density at radius 1 is 1.06 bits per heavy atom. The predicted molar refractivity (Wildman–Crippen MR) is 126 cm³/mol. The lowest BCUT2D eigenvalue weighted by Crippen LogP contribution is -2.52. The van der Waals surface area contributed by atoms with E-state index in [2.05, 4.69) is 40.7 Å². The number of hydrogen-bond donors (Lipinski definition) is 1. The van der Waals surface area contributed by atoms with Crippen LogP contribution in [0.25, 0.3) is 0 Å². The Balaban J connectivity index is 1.20. The van der Waals surface area contributed by atoms with Crippen molar-refractivity contribution in [2.24, 2.45) is 11.7 Å². The molecule has 2 fully saturated rings. The van der Waals surface area contributed by atoms with Crippen LogP contribution in [-0.4, -0.2) is 109 Å². The summed E-state index contributed by atoms with van der Waals surface area (Å²) in [7, 11) is 3.98. The molecule has 2 N–H and O–H groups in total. The molecule has 0 radical (unpaired) electrons. The van der Waals surface area contributed by atoms with E-state index in [4.69, 9.17) is 10.6 Å². The number of carbonyl (C=O) groups excluding carboxylic acids is 1. The fourth-order valence-electron chi connectivity index (χ4n) is 5.14. The van der Waals surface area contributed by atoms with E-state index in [0.717, 1.165) is 71.0 Å². The molecule has 32 heavy (non-hydrogen) atoms. The first-order valence-corrected chi connectivity index (χ1v) is 12.0. The minimum absolute atomic E-state index is 0.0432. The lowest BCUT2D eigenvalue weighted by molar-refractivity contribution is -0.138. The largest absolute Gasteiger partial charge is 0.410 e. The van der Waals surface area contributed by atoms with E-state index in [-0.39, 0.29) is 12.1 Å². The highest BCUT2D eigenvalue weighted by Crippen LogP contribution is 2.26. The molecule has 1 amide bonds. The molecular weight excluding hydrogens is 404 g/mol. The van der Waals surface area contributed by atoms with E-state index in [1.165, 1.54) is 11.1 Å². The number of nitrogens with two attached hydrogens (primary N) is 1. The zero-order valence-corrected chi connectivity index (χ0v) is 20.2. The Labute approximate surface area is 192 Å². The molecule has 0 spiro atoms. The molecule has 178 valence electrons. The Morgan fingerprint density at radius 2 is 1.72 bits per heavy atom. The van der Waals surface area contributed by atoms with Crippen LogP contribution in [0.15, 0.2) is 35.3 Å². The van der Waals surface area contributed by atoms with Crippen LogP contribution in [-0.2, 0) is 9.63 Å². The van der Waals surface area contributed by atoms with Crippen LogP contribution < -0.4 is 5.73 Å². The SMILES string of the molecule is CC1=C(CN2CCN(C(=O)C3CCN(CC4=CC(N)N(C)C=C4)CC3)CC2)C(C)N(C)O1. The Bertz CT molecular complexity index is 777. The van der Waals surface area contributed by atoms with Gasteiger partial charge in [0.2, 0.25) is 5.91 Å². The quantitative estimate of drug-likeness (QED) is 0.680. The van der Waals surface area contributed by atoms with Gasteiger partial charge in [0.15, 0.2) is 0 Å². The van der Waals surface area contributed by atoms with Crippen molar-refractivity contribution in [3.63, 3.8) is 0 Å². The van der Waals surface area contributed by atoms with Crippen molar-refractivity contribution >= 4 is 5.91 Å². The molecule has 0 aromatic rings. The van der Waals surface area contributed by atoms with Gasteiger partial charge in [-0.25, -0.2) is 0 Å². The second-order valence-electron chi connectivity index (χ2n) is 9.76. The number of likely N-dealkylation sites (N-methyl/N-ethyl adjacent to an activating group) is 2. The molecule has 8 nitrogen and oxygen atoms in total. The second kappa shape index (κ2) is 9.95. The van der Waals surface area contributed by atoms with Crippen LogP contribution >= 0.6 is 0 Å². The summed E-state index contributed by atoms with van der Waals surface area (Å²) in [5, 5.41) is 1.92. The van der Waals surface area contributed by atoms with Gasteiger partial charge >= 0.3 is 0 Å². The van der Waals surface area contributed by atoms with Crippen LogP contribution in [0, 0.1) is 5.92 Å². The van der Waals surface area contributed by atoms with Crippen molar-refractivity contribution in [2.45, 2.75) is 38.9 Å². The number of piperidine rings is 1. The third-order valence-electron chi connectivity index (χ3n) is 7.58. The number of carbonyl (C=O) groups is 1. The third-order valence-corrected chi connectivity index (χ3v) is 7.58. The molecule has 4 heterocycles. The van der Waals surface area contributed by atoms with Gasteiger partial charge in [-0.15, -0.1) is 5.06 Å². The molecule has 0 saturated carbocycles. The first-order valence-electron chi connectivity index (χ1n) is 12.0. The number of nitrogens with zero attached hydrogens (tertiary/aromatic N) is 5. The van der Waals surface area contributed by atoms with E-state index >= 15 is 0 Å². The van der Waals surface area contributed by atoms with Crippen molar-refractivity contribution in [1.29, 1.82) is 0 Å². The lowest BCUT2D eigenvalue weighted by atomic mass is 9.94. The highest BCUT2D eigenvalue weighted by molar-refractivity contribution is 5.79. The van der Waals surface area contributed by atoms with E-state index < -0.39 is 0 Å². The molecule has 0 aliphatic carbocycles. The summed E-state index contributed by atoms with van der Waals surface area (Å²) >= 11 is 0. The Hall–Kier alpha value is -1.87. The van der Waals surface area contributed by atoms with Crippen molar-refractivity contribution in [3.8, 4) is 0 Å². The van der Waals surface area contributed by atoms with Gasteiger partial charge in [-0.1, -0.05) is 0 Å². The molecule has 0 bridgehead atoms. The van der Waals surface area contributed by atoms with Crippen LogP contribution in [0.1, 0.15) is 26.7 Å². The van der Waals surface area contributed by atoms with Crippen LogP contribution in [0.2, 0.25) is 0 Å². The number of piperazine rings is 1. The number of rotatable bonds is 5. The lowest BCUT2D eigenvalue weighted by Gasteiger charge is -2.39. The maximum Gasteiger partial charge on any atom is 0.225 e. The minimum atomic E-state index is -0.0432. The van der Waals surface area contributed by atoms with Crippen LogP contribution in [0.3, 0.4) is 0 Å². The summed E-state index contributed by atoms with van der Waals surface area (Å²) in [6.45, 7) is 11.6. The molecule has 0 aromatic carbocycles. The van der Waals surface area contributed by atoms with Crippen molar-refractivity contribution < 1.29 is 9.63 Å². The van der Waals surface area contributed by atoms with Crippen molar-refractivity contribution in [3.05, 3.63) is 35.3 Å². The van der Waals surface area contributed by atoms with Gasteiger partial charge in [-0.05, 0) is 57.5 Å². The average Bonchev–Trinajstić information content (AvgIpc) is 3.03. The predicted octanol–water partition coefficient (Wildman–Crippen LogP) is 1.05. The molecule has 8 heteroatoms. The summed E-state index contributed by atoms with van der Waals surface area (Å²) < 4.78 is 0. The normalized spacial score (nSPS) is 29.0. The summed E-state index contributed by atoms with van der Waals surface area (Å²) in [5.41, 5.74) is 8.74. The molecule has 4 aliphatic rings. The Kier molecular flexibility index (Phi) is 7.24. The minimum Gasteiger partial charge on any atom is -0.410 e. The number of amides is 1. The molecule has 0 aromatic heterocycles. The van der Waals surface area contributed by atoms with Crippen LogP contribution in [0.5, 0.6) is 0 Å². The maximum absolute atomic E-state index is 13.1. The summed E-state index contributed by atoms with van der Waals surface area (Å²) in [4.78, 5) is 27.9. The first kappa shape index (κ1) is 23.3. The van der Waals surface area contributed by atoms with Gasteiger partial charge < -0.3 is 20.4 Å². The van der Waals surface area contributed by atoms with E-state index in [1.54, 1.807) is 0 Å². The summed E-state index contributed by atoms with van der Waals surface area (Å²) in [6, 6.07) is 0.316. The first-order chi connectivity index (χ1) is 15.3. The van der Waals surface area contributed by atoms with E-state index in [9.17, 15) is 4.79 Å². The molecular formula is C24H40N6O2. The van der Waals surface area contributed by atoms with Crippen molar-refractivity contribution in [2.75, 3.05) is 66.5 Å². The average molecular weight is 445 g/mol. The Morgan fingerprint density at radius 3 is 2.31 bits per heavy atom. The van der Waals surface area contributed by atoms with Gasteiger partial charge in [0.25, 0.3) is 0 Å². The topological polar surface area (TPSA) is 68.5 Å². The summed E-state index contributed by atoms with van der Waals surface area (Å²) in [5.74, 6) is 1.56. The van der Waals surface area contributed by atoms with E-state index in [0.29, 0.717) is 11.9 Å². The van der Waals surface area contributed by atoms with Gasteiger partial charge in [-0.2, -0.15) is 0 Å². The van der Waals surface area contributed by atoms with Gasteiger partial charge in [0.1, 0.15) is 5.76 Å². The van der Waals surface area contributed by atoms with Gasteiger partial charge in [-0.3, -0.25) is 14.6 Å². The molecule has 2 atom stereocenters. The third kappa shape index (κ3) is 5.20. The van der Waals surface area contributed by atoms with Crippen molar-refractivity contribution in [1.82, 2.24) is 24.7 Å². The van der Waals surface area contributed by atoms with Gasteiger partial charge in [0, 0.05) is 71.1 Å². The standard InChI is InChI=1S/C24H40N6O2/c1-18-22(19(2)32-27(18)4)17-29-11-13-30(14-12-29)24(31)21-6-9-28(10-7-21)16-20-5-8-26(3)23(25)15-20/h5,8,15,18,21,23H,6-7,9-14,16-17,25H2,1-4H3. The number of likely N-dealkylation sites (tertiary alicyclic amines) is 1. The van der Waals surface area contributed by atoms with E-state index in [1.807, 2.05) is 30.3 Å². The molecule has 4 rings (SSSR count). The fraction of sp³-hybridized carbons (Fsp3) is 0.708. The number of hydrogen-bond acceptors (Lipinski definition) is 7.